The van der Waals surface area contributed by atoms with Crippen LogP contribution < -0.4 is 5.32 Å². The Hall–Kier alpha value is -1.41. The van der Waals surface area contributed by atoms with Gasteiger partial charge in [-0.2, -0.15) is 0 Å². The molecule has 0 aliphatic rings. The van der Waals surface area contributed by atoms with Crippen molar-refractivity contribution >= 4 is 17.4 Å². The molecule has 0 aliphatic carbocycles. The molecule has 0 radical (unpaired) electrons. The zero-order valence-electron chi connectivity index (χ0n) is 12.0. The Kier molecular flexibility index (Phi) is 4.54. The van der Waals surface area contributed by atoms with E-state index in [1.807, 2.05) is 0 Å². The molecule has 1 unspecified atom stereocenters. The van der Waals surface area contributed by atoms with Gasteiger partial charge >= 0.3 is 0 Å². The summed E-state index contributed by atoms with van der Waals surface area (Å²) in [7, 11) is 0. The SMILES string of the molecule is CSc1ccc(NC(C)c2ccc(C)c(C)c2)cc1. The van der Waals surface area contributed by atoms with Crippen molar-refractivity contribution in [2.45, 2.75) is 31.7 Å². The summed E-state index contributed by atoms with van der Waals surface area (Å²) in [6.45, 7) is 6.52. The Balaban J connectivity index is 2.10. The molecule has 0 saturated carbocycles. The molecule has 2 aromatic rings. The molecule has 0 aromatic heterocycles. The maximum Gasteiger partial charge on any atom is 0.0485 e. The van der Waals surface area contributed by atoms with Gasteiger partial charge in [-0.25, -0.2) is 0 Å². The third kappa shape index (κ3) is 3.54. The predicted octanol–water partition coefficient (Wildman–Crippen LogP) is 5.20. The molecule has 2 rings (SSSR count). The van der Waals surface area contributed by atoms with Crippen molar-refractivity contribution in [3.8, 4) is 0 Å². The molecule has 1 nitrogen and oxygen atoms in total. The first-order chi connectivity index (χ1) is 9.10. The van der Waals surface area contributed by atoms with E-state index in [1.165, 1.54) is 27.3 Å². The molecule has 2 heteroatoms. The second-order valence-corrected chi connectivity index (χ2v) is 5.82. The van der Waals surface area contributed by atoms with Crippen LogP contribution in [0.15, 0.2) is 47.4 Å². The lowest BCUT2D eigenvalue weighted by molar-refractivity contribution is 0.881. The number of anilines is 1. The molecule has 1 N–H and O–H groups in total. The van der Waals surface area contributed by atoms with Crippen LogP contribution in [0.25, 0.3) is 0 Å². The summed E-state index contributed by atoms with van der Waals surface area (Å²) in [4.78, 5) is 1.30. The Morgan fingerprint density at radius 3 is 2.21 bits per heavy atom. The molecule has 0 heterocycles. The van der Waals surface area contributed by atoms with Gasteiger partial charge in [0.1, 0.15) is 0 Å². The van der Waals surface area contributed by atoms with Crippen molar-refractivity contribution in [1.29, 1.82) is 0 Å². The van der Waals surface area contributed by atoms with Gasteiger partial charge in [-0.15, -0.1) is 11.8 Å². The Morgan fingerprint density at radius 2 is 1.63 bits per heavy atom. The fraction of sp³-hybridized carbons (Fsp3) is 0.294. The van der Waals surface area contributed by atoms with E-state index < -0.39 is 0 Å². The number of hydrogen-bond acceptors (Lipinski definition) is 2. The van der Waals surface area contributed by atoms with E-state index in [9.17, 15) is 0 Å². The van der Waals surface area contributed by atoms with E-state index in [0.717, 1.165) is 0 Å². The first kappa shape index (κ1) is 14.0. The summed E-state index contributed by atoms with van der Waals surface area (Å²) in [5.41, 5.74) is 5.20. The quantitative estimate of drug-likeness (QED) is 0.767. The van der Waals surface area contributed by atoms with Crippen LogP contribution in [-0.2, 0) is 0 Å². The summed E-state index contributed by atoms with van der Waals surface area (Å²) < 4.78 is 0. The van der Waals surface area contributed by atoms with E-state index in [-0.39, 0.29) is 0 Å². The number of aryl methyl sites for hydroxylation is 2. The van der Waals surface area contributed by atoms with Crippen LogP contribution in [-0.4, -0.2) is 6.26 Å². The van der Waals surface area contributed by atoms with E-state index in [4.69, 9.17) is 0 Å². The van der Waals surface area contributed by atoms with Gasteiger partial charge < -0.3 is 5.32 Å². The summed E-state index contributed by atoms with van der Waals surface area (Å²) in [6.07, 6.45) is 2.10. The van der Waals surface area contributed by atoms with Crippen molar-refractivity contribution < 1.29 is 0 Å². The van der Waals surface area contributed by atoms with E-state index in [2.05, 4.69) is 74.8 Å². The van der Waals surface area contributed by atoms with Crippen LogP contribution in [0.5, 0.6) is 0 Å². The molecule has 0 fully saturated rings. The Labute approximate surface area is 120 Å². The van der Waals surface area contributed by atoms with Gasteiger partial charge in [0.05, 0.1) is 0 Å². The van der Waals surface area contributed by atoms with Crippen LogP contribution >= 0.6 is 11.8 Å². The molecule has 100 valence electrons. The minimum Gasteiger partial charge on any atom is -0.379 e. The molecule has 0 spiro atoms. The zero-order valence-corrected chi connectivity index (χ0v) is 12.8. The smallest absolute Gasteiger partial charge is 0.0485 e. The Morgan fingerprint density at radius 1 is 0.947 bits per heavy atom. The first-order valence-electron chi connectivity index (χ1n) is 6.58. The molecule has 2 aromatic carbocycles. The summed E-state index contributed by atoms with van der Waals surface area (Å²) in [5, 5.41) is 3.55. The lowest BCUT2D eigenvalue weighted by Gasteiger charge is -2.17. The summed E-state index contributed by atoms with van der Waals surface area (Å²) >= 11 is 1.77. The van der Waals surface area contributed by atoms with Crippen LogP contribution in [0.2, 0.25) is 0 Å². The second kappa shape index (κ2) is 6.16. The van der Waals surface area contributed by atoms with Crippen LogP contribution in [0.3, 0.4) is 0 Å². The lowest BCUT2D eigenvalue weighted by atomic mass is 10.0. The van der Waals surface area contributed by atoms with Crippen molar-refractivity contribution in [1.82, 2.24) is 0 Å². The van der Waals surface area contributed by atoms with Gasteiger partial charge in [0.15, 0.2) is 0 Å². The van der Waals surface area contributed by atoms with Gasteiger partial charge in [-0.1, -0.05) is 18.2 Å². The van der Waals surface area contributed by atoms with Gasteiger partial charge in [0.25, 0.3) is 0 Å². The molecule has 1 atom stereocenters. The van der Waals surface area contributed by atoms with E-state index in [0.29, 0.717) is 6.04 Å². The summed E-state index contributed by atoms with van der Waals surface area (Å²) in [5.74, 6) is 0. The highest BCUT2D eigenvalue weighted by Crippen LogP contribution is 2.23. The molecule has 0 bridgehead atoms. The van der Waals surface area contributed by atoms with E-state index >= 15 is 0 Å². The average Bonchev–Trinajstić information content (AvgIpc) is 2.42. The minimum absolute atomic E-state index is 0.319. The maximum absolute atomic E-state index is 3.55. The monoisotopic (exact) mass is 271 g/mol. The van der Waals surface area contributed by atoms with Crippen molar-refractivity contribution in [3.05, 3.63) is 59.2 Å². The molecular weight excluding hydrogens is 250 g/mol. The van der Waals surface area contributed by atoms with Crippen molar-refractivity contribution in [3.63, 3.8) is 0 Å². The number of thioether (sulfide) groups is 1. The fourth-order valence-electron chi connectivity index (χ4n) is 2.05. The summed E-state index contributed by atoms with van der Waals surface area (Å²) in [6, 6.07) is 15.6. The topological polar surface area (TPSA) is 12.0 Å². The average molecular weight is 271 g/mol. The first-order valence-corrected chi connectivity index (χ1v) is 7.80. The Bertz CT molecular complexity index is 546. The molecular formula is C17H21NS. The third-order valence-corrected chi connectivity index (χ3v) is 4.25. The van der Waals surface area contributed by atoms with Crippen molar-refractivity contribution in [2.75, 3.05) is 11.6 Å². The second-order valence-electron chi connectivity index (χ2n) is 4.94. The number of nitrogens with one attached hydrogen (secondary N) is 1. The molecule has 0 amide bonds. The zero-order chi connectivity index (χ0) is 13.8. The van der Waals surface area contributed by atoms with Crippen LogP contribution in [0.4, 0.5) is 5.69 Å². The number of rotatable bonds is 4. The van der Waals surface area contributed by atoms with Gasteiger partial charge in [-0.3, -0.25) is 0 Å². The highest BCUT2D eigenvalue weighted by Gasteiger charge is 2.06. The molecule has 0 saturated heterocycles. The highest BCUT2D eigenvalue weighted by molar-refractivity contribution is 7.98. The number of benzene rings is 2. The maximum atomic E-state index is 3.55. The van der Waals surface area contributed by atoms with E-state index in [1.54, 1.807) is 11.8 Å². The fourth-order valence-corrected chi connectivity index (χ4v) is 2.46. The third-order valence-electron chi connectivity index (χ3n) is 3.50. The standard InChI is InChI=1S/C17H21NS/c1-12-5-6-15(11-13(12)2)14(3)18-16-7-9-17(19-4)10-8-16/h5-11,14,18H,1-4H3. The molecule has 19 heavy (non-hydrogen) atoms. The largest absolute Gasteiger partial charge is 0.379 e. The normalized spacial score (nSPS) is 12.2. The van der Waals surface area contributed by atoms with Crippen LogP contribution in [0.1, 0.15) is 29.7 Å². The van der Waals surface area contributed by atoms with Crippen molar-refractivity contribution in [2.24, 2.45) is 0 Å². The van der Waals surface area contributed by atoms with Gasteiger partial charge in [-0.05, 0) is 68.0 Å². The lowest BCUT2D eigenvalue weighted by Crippen LogP contribution is -2.06. The minimum atomic E-state index is 0.319. The van der Waals surface area contributed by atoms with Gasteiger partial charge in [0.2, 0.25) is 0 Å². The van der Waals surface area contributed by atoms with Gasteiger partial charge in [0, 0.05) is 16.6 Å². The predicted molar refractivity (Wildman–Crippen MR) is 86.2 cm³/mol. The number of hydrogen-bond donors (Lipinski definition) is 1. The van der Waals surface area contributed by atoms with Crippen LogP contribution in [0, 0.1) is 13.8 Å². The highest BCUT2D eigenvalue weighted by atomic mass is 32.2. The molecule has 0 aliphatic heterocycles.